The molecule has 0 aliphatic carbocycles. The van der Waals surface area contributed by atoms with Gasteiger partial charge in [-0.3, -0.25) is 14.4 Å². The number of rotatable bonds is 3. The number of nitrogens with one attached hydrogen (secondary N) is 1. The third-order valence-corrected chi connectivity index (χ3v) is 3.86. The van der Waals surface area contributed by atoms with E-state index in [9.17, 15) is 9.46 Å². The molecule has 2 rings (SSSR count). The summed E-state index contributed by atoms with van der Waals surface area (Å²) >= 11 is 0. The predicted octanol–water partition coefficient (Wildman–Crippen LogP) is 1.22. The van der Waals surface area contributed by atoms with Crippen LogP contribution in [0.25, 0.3) is 0 Å². The maximum Gasteiger partial charge on any atom is 0.360 e. The van der Waals surface area contributed by atoms with E-state index < -0.39 is 7.60 Å². The van der Waals surface area contributed by atoms with Gasteiger partial charge in [0.05, 0.1) is 5.30 Å². The van der Waals surface area contributed by atoms with Crippen molar-refractivity contribution in [3.63, 3.8) is 0 Å². The Kier molecular flexibility index (Phi) is 3.22. The van der Waals surface area contributed by atoms with Crippen molar-refractivity contribution in [2.24, 2.45) is 0 Å². The Morgan fingerprint density at radius 3 is 2.73 bits per heavy atom. The Labute approximate surface area is 88.8 Å². The predicted molar refractivity (Wildman–Crippen MR) is 58.0 cm³/mol. The molecule has 1 aromatic rings. The molecular weight excluding hydrogens is 213 g/mol. The van der Waals surface area contributed by atoms with E-state index in [0.29, 0.717) is 5.30 Å². The third-order valence-electron chi connectivity index (χ3n) is 2.37. The first-order chi connectivity index (χ1) is 7.18. The van der Waals surface area contributed by atoms with Crippen LogP contribution in [0.15, 0.2) is 30.3 Å². The fourth-order valence-electron chi connectivity index (χ4n) is 1.59. The van der Waals surface area contributed by atoms with E-state index in [0.717, 1.165) is 19.4 Å². The van der Waals surface area contributed by atoms with Crippen LogP contribution >= 0.6 is 7.60 Å². The van der Waals surface area contributed by atoms with Gasteiger partial charge in [-0.25, -0.2) is 0 Å². The van der Waals surface area contributed by atoms with Gasteiger partial charge in [-0.1, -0.05) is 18.2 Å². The Balaban J connectivity index is 2.09. The van der Waals surface area contributed by atoms with Crippen molar-refractivity contribution in [1.82, 2.24) is 5.32 Å². The molecule has 1 aliphatic heterocycles. The van der Waals surface area contributed by atoms with Gasteiger partial charge in [0.1, 0.15) is 6.23 Å². The number of hydrogen-bond donors (Lipinski definition) is 2. The standard InChI is InChI=1S/C10H14NO3P/c12-15(13,9-5-2-1-3-6-9)14-10-7-4-8-11-10/h1-3,5-6,10-11H,4,7-8H2,(H,12,13). The van der Waals surface area contributed by atoms with Gasteiger partial charge >= 0.3 is 7.60 Å². The van der Waals surface area contributed by atoms with Crippen LogP contribution in [-0.4, -0.2) is 17.7 Å². The van der Waals surface area contributed by atoms with Crippen molar-refractivity contribution in [3.05, 3.63) is 30.3 Å². The Morgan fingerprint density at radius 2 is 2.13 bits per heavy atom. The molecular formula is C10H14NO3P. The first kappa shape index (κ1) is 10.8. The summed E-state index contributed by atoms with van der Waals surface area (Å²) in [4.78, 5) is 9.74. The van der Waals surface area contributed by atoms with Crippen molar-refractivity contribution in [2.75, 3.05) is 6.54 Å². The number of benzene rings is 1. The fraction of sp³-hybridized carbons (Fsp3) is 0.400. The highest BCUT2D eigenvalue weighted by Crippen LogP contribution is 2.42. The van der Waals surface area contributed by atoms with Crippen LogP contribution in [0.3, 0.4) is 0 Å². The fourth-order valence-corrected chi connectivity index (χ4v) is 2.79. The van der Waals surface area contributed by atoms with Crippen molar-refractivity contribution in [2.45, 2.75) is 19.1 Å². The van der Waals surface area contributed by atoms with Crippen LogP contribution < -0.4 is 10.6 Å². The molecule has 0 amide bonds. The van der Waals surface area contributed by atoms with Gasteiger partial charge in [0.15, 0.2) is 0 Å². The van der Waals surface area contributed by atoms with E-state index in [2.05, 4.69) is 5.32 Å². The molecule has 0 radical (unpaired) electrons. The van der Waals surface area contributed by atoms with E-state index in [4.69, 9.17) is 4.52 Å². The molecule has 1 heterocycles. The smallest absolute Gasteiger partial charge is 0.321 e. The van der Waals surface area contributed by atoms with Crippen LogP contribution in [-0.2, 0) is 9.09 Å². The van der Waals surface area contributed by atoms with E-state index in [-0.39, 0.29) is 6.23 Å². The molecule has 0 spiro atoms. The van der Waals surface area contributed by atoms with Gasteiger partial charge in [-0.2, -0.15) is 0 Å². The molecule has 2 unspecified atom stereocenters. The molecule has 1 aliphatic rings. The minimum Gasteiger partial charge on any atom is -0.321 e. The Hall–Kier alpha value is -0.670. The summed E-state index contributed by atoms with van der Waals surface area (Å²) in [6.45, 7) is 0.847. The summed E-state index contributed by atoms with van der Waals surface area (Å²) < 4.78 is 17.0. The van der Waals surface area contributed by atoms with Gasteiger partial charge in [-0.15, -0.1) is 0 Å². The molecule has 5 heteroatoms. The molecule has 0 saturated carbocycles. The lowest BCUT2D eigenvalue weighted by molar-refractivity contribution is 0.167. The monoisotopic (exact) mass is 227 g/mol. The summed E-state index contributed by atoms with van der Waals surface area (Å²) in [5, 5.41) is 3.37. The van der Waals surface area contributed by atoms with E-state index in [1.807, 2.05) is 0 Å². The summed E-state index contributed by atoms with van der Waals surface area (Å²) in [6.07, 6.45) is 1.48. The topological polar surface area (TPSA) is 58.6 Å². The summed E-state index contributed by atoms with van der Waals surface area (Å²) in [7, 11) is -3.66. The normalized spacial score (nSPS) is 25.0. The molecule has 15 heavy (non-hydrogen) atoms. The highest BCUT2D eigenvalue weighted by molar-refractivity contribution is 7.61. The van der Waals surface area contributed by atoms with E-state index in [1.165, 1.54) is 0 Å². The molecule has 4 nitrogen and oxygen atoms in total. The molecule has 2 atom stereocenters. The second-order valence-electron chi connectivity index (χ2n) is 3.55. The SMILES string of the molecule is O=P(O)(OC1CCCN1)c1ccccc1. The van der Waals surface area contributed by atoms with Gasteiger partial charge in [-0.05, 0) is 31.5 Å². The first-order valence-corrected chi connectivity index (χ1v) is 6.56. The van der Waals surface area contributed by atoms with Gasteiger partial charge < -0.3 is 4.89 Å². The molecule has 2 N–H and O–H groups in total. The minimum atomic E-state index is -3.66. The molecule has 1 aromatic carbocycles. The Bertz CT molecular complexity index is 362. The molecule has 82 valence electrons. The van der Waals surface area contributed by atoms with Crippen LogP contribution in [0, 0.1) is 0 Å². The zero-order chi connectivity index (χ0) is 10.7. The van der Waals surface area contributed by atoms with E-state index in [1.54, 1.807) is 30.3 Å². The quantitative estimate of drug-likeness (QED) is 0.762. The van der Waals surface area contributed by atoms with Crippen LogP contribution in [0.5, 0.6) is 0 Å². The molecule has 0 bridgehead atoms. The van der Waals surface area contributed by atoms with Crippen molar-refractivity contribution in [1.29, 1.82) is 0 Å². The second kappa shape index (κ2) is 4.45. The van der Waals surface area contributed by atoms with Gasteiger partial charge in [0, 0.05) is 0 Å². The molecule has 1 saturated heterocycles. The lowest BCUT2D eigenvalue weighted by Gasteiger charge is -2.17. The van der Waals surface area contributed by atoms with Gasteiger partial charge in [0.25, 0.3) is 0 Å². The van der Waals surface area contributed by atoms with Crippen molar-refractivity contribution >= 4 is 12.9 Å². The van der Waals surface area contributed by atoms with Crippen LogP contribution in [0.1, 0.15) is 12.8 Å². The third kappa shape index (κ3) is 2.67. The summed E-state index contributed by atoms with van der Waals surface area (Å²) in [5.74, 6) is 0. The van der Waals surface area contributed by atoms with Crippen LogP contribution in [0.4, 0.5) is 0 Å². The minimum absolute atomic E-state index is 0.291. The van der Waals surface area contributed by atoms with Crippen LogP contribution in [0.2, 0.25) is 0 Å². The molecule has 0 aromatic heterocycles. The van der Waals surface area contributed by atoms with Crippen molar-refractivity contribution in [3.8, 4) is 0 Å². The summed E-state index contributed by atoms with van der Waals surface area (Å²) in [5.41, 5.74) is 0. The maximum atomic E-state index is 11.9. The zero-order valence-electron chi connectivity index (χ0n) is 8.30. The number of hydrogen-bond acceptors (Lipinski definition) is 3. The Morgan fingerprint density at radius 1 is 1.40 bits per heavy atom. The largest absolute Gasteiger partial charge is 0.360 e. The van der Waals surface area contributed by atoms with E-state index >= 15 is 0 Å². The highest BCUT2D eigenvalue weighted by Gasteiger charge is 2.28. The zero-order valence-corrected chi connectivity index (χ0v) is 9.19. The lowest BCUT2D eigenvalue weighted by atomic mass is 10.4. The second-order valence-corrected chi connectivity index (χ2v) is 5.31. The molecule has 1 fully saturated rings. The van der Waals surface area contributed by atoms with Gasteiger partial charge in [0.2, 0.25) is 0 Å². The average molecular weight is 227 g/mol. The summed E-state index contributed by atoms with van der Waals surface area (Å²) in [6, 6.07) is 8.47. The lowest BCUT2D eigenvalue weighted by Crippen LogP contribution is -2.25. The first-order valence-electron chi connectivity index (χ1n) is 4.99. The van der Waals surface area contributed by atoms with Crippen molar-refractivity contribution < 1.29 is 14.0 Å². The average Bonchev–Trinajstić information content (AvgIpc) is 2.71. The highest BCUT2D eigenvalue weighted by atomic mass is 31.2. The maximum absolute atomic E-state index is 11.9.